The van der Waals surface area contributed by atoms with E-state index in [4.69, 9.17) is 0 Å². The third-order valence-corrected chi connectivity index (χ3v) is 4.44. The van der Waals surface area contributed by atoms with Crippen molar-refractivity contribution in [2.45, 2.75) is 32.6 Å². The maximum absolute atomic E-state index is 12.9. The minimum absolute atomic E-state index is 0.0471. The molecule has 0 spiro atoms. The Morgan fingerprint density at radius 3 is 2.04 bits per heavy atom. The van der Waals surface area contributed by atoms with E-state index in [9.17, 15) is 4.79 Å². The summed E-state index contributed by atoms with van der Waals surface area (Å²) in [7, 11) is 0. The normalized spacial score (nSPS) is 12.3. The van der Waals surface area contributed by atoms with Crippen molar-refractivity contribution in [1.29, 1.82) is 0 Å². The van der Waals surface area contributed by atoms with Crippen LogP contribution in [0.25, 0.3) is 0 Å². The zero-order valence-corrected chi connectivity index (χ0v) is 14.2. The summed E-state index contributed by atoms with van der Waals surface area (Å²) in [5.74, 6) is 0.186. The first-order valence-corrected chi connectivity index (χ1v) is 8.62. The number of ketones is 1. The van der Waals surface area contributed by atoms with Gasteiger partial charge >= 0.3 is 0 Å². The lowest BCUT2D eigenvalue weighted by molar-refractivity contribution is 0.0952. The fourth-order valence-corrected chi connectivity index (χ4v) is 3.00. The van der Waals surface area contributed by atoms with Crippen LogP contribution in [0, 0.1) is 0 Å². The Bertz CT molecular complexity index is 575. The molecule has 0 aliphatic carbocycles. The van der Waals surface area contributed by atoms with Crippen molar-refractivity contribution in [3.63, 3.8) is 0 Å². The van der Waals surface area contributed by atoms with Gasteiger partial charge < -0.3 is 4.90 Å². The molecule has 2 aromatic rings. The summed E-state index contributed by atoms with van der Waals surface area (Å²) in [6, 6.07) is 19.8. The van der Waals surface area contributed by atoms with E-state index in [0.29, 0.717) is 0 Å². The van der Waals surface area contributed by atoms with Crippen molar-refractivity contribution in [2.75, 3.05) is 19.6 Å². The first kappa shape index (κ1) is 17.4. The fourth-order valence-electron chi connectivity index (χ4n) is 3.00. The molecule has 0 aliphatic heterocycles. The molecular weight excluding hydrogens is 282 g/mol. The molecule has 0 amide bonds. The highest BCUT2D eigenvalue weighted by molar-refractivity contribution is 6.00. The standard InChI is InChI=1S/C21H27NO/c1-3-22(4-2)17-11-16-20(18-12-7-5-8-13-18)21(23)19-14-9-6-10-15-19/h5-10,12-15,20H,3-4,11,16-17H2,1-2H3. The van der Waals surface area contributed by atoms with E-state index in [1.54, 1.807) is 0 Å². The molecule has 2 aromatic carbocycles. The molecule has 0 aromatic heterocycles. The molecule has 23 heavy (non-hydrogen) atoms. The van der Waals surface area contributed by atoms with Crippen molar-refractivity contribution in [3.8, 4) is 0 Å². The molecule has 0 fully saturated rings. The summed E-state index contributed by atoms with van der Waals surface area (Å²) in [6.45, 7) is 7.57. The average Bonchev–Trinajstić information content (AvgIpc) is 2.63. The van der Waals surface area contributed by atoms with E-state index in [1.807, 2.05) is 48.5 Å². The zero-order chi connectivity index (χ0) is 16.5. The van der Waals surface area contributed by atoms with Crippen LogP contribution >= 0.6 is 0 Å². The molecule has 122 valence electrons. The third-order valence-electron chi connectivity index (χ3n) is 4.44. The Morgan fingerprint density at radius 2 is 1.48 bits per heavy atom. The Kier molecular flexibility index (Phi) is 7.02. The van der Waals surface area contributed by atoms with E-state index in [0.717, 1.165) is 43.6 Å². The molecule has 2 rings (SSSR count). The molecule has 0 saturated carbocycles. The van der Waals surface area contributed by atoms with Crippen LogP contribution in [0.3, 0.4) is 0 Å². The molecule has 0 heterocycles. The van der Waals surface area contributed by atoms with Crippen LogP contribution in [-0.2, 0) is 0 Å². The van der Waals surface area contributed by atoms with Crippen molar-refractivity contribution >= 4 is 5.78 Å². The number of Topliss-reactive ketones (excluding diaryl/α,β-unsaturated/α-hetero) is 1. The molecule has 2 nitrogen and oxygen atoms in total. The first-order chi connectivity index (χ1) is 11.3. The third kappa shape index (κ3) is 5.04. The first-order valence-electron chi connectivity index (χ1n) is 8.62. The van der Waals surface area contributed by atoms with Gasteiger partial charge in [-0.15, -0.1) is 0 Å². The smallest absolute Gasteiger partial charge is 0.170 e. The number of rotatable bonds is 9. The van der Waals surface area contributed by atoms with E-state index in [2.05, 4.69) is 30.9 Å². The van der Waals surface area contributed by atoms with Gasteiger partial charge in [-0.25, -0.2) is 0 Å². The maximum Gasteiger partial charge on any atom is 0.170 e. The second-order valence-electron chi connectivity index (χ2n) is 5.86. The largest absolute Gasteiger partial charge is 0.304 e. The Hall–Kier alpha value is -1.93. The monoisotopic (exact) mass is 309 g/mol. The van der Waals surface area contributed by atoms with Crippen LogP contribution in [0.15, 0.2) is 60.7 Å². The molecular formula is C21H27NO. The van der Waals surface area contributed by atoms with Crippen molar-refractivity contribution in [1.82, 2.24) is 4.90 Å². The summed E-state index contributed by atoms with van der Waals surface area (Å²) in [4.78, 5) is 15.4. The molecule has 2 heteroatoms. The van der Waals surface area contributed by atoms with Crippen LogP contribution < -0.4 is 0 Å². The van der Waals surface area contributed by atoms with Crippen LogP contribution in [0.5, 0.6) is 0 Å². The highest BCUT2D eigenvalue weighted by Crippen LogP contribution is 2.26. The topological polar surface area (TPSA) is 20.3 Å². The Morgan fingerprint density at radius 1 is 0.913 bits per heavy atom. The summed E-state index contributed by atoms with van der Waals surface area (Å²) >= 11 is 0. The number of hydrogen-bond acceptors (Lipinski definition) is 2. The second-order valence-corrected chi connectivity index (χ2v) is 5.86. The molecule has 0 radical (unpaired) electrons. The van der Waals surface area contributed by atoms with Crippen molar-refractivity contribution in [2.24, 2.45) is 0 Å². The van der Waals surface area contributed by atoms with Gasteiger partial charge in [-0.05, 0) is 38.0 Å². The van der Waals surface area contributed by atoms with Gasteiger partial charge in [0, 0.05) is 11.5 Å². The number of carbonyl (C=O) groups is 1. The number of carbonyl (C=O) groups excluding carboxylic acids is 1. The molecule has 1 unspecified atom stereocenters. The lowest BCUT2D eigenvalue weighted by atomic mass is 9.87. The average molecular weight is 309 g/mol. The Labute approximate surface area is 140 Å². The van der Waals surface area contributed by atoms with Gasteiger partial charge in [0.15, 0.2) is 5.78 Å². The summed E-state index contributed by atoms with van der Waals surface area (Å²) < 4.78 is 0. The number of nitrogens with zero attached hydrogens (tertiary/aromatic N) is 1. The van der Waals surface area contributed by atoms with E-state index in [1.165, 1.54) is 0 Å². The predicted octanol–water partition coefficient (Wildman–Crippen LogP) is 4.78. The van der Waals surface area contributed by atoms with Gasteiger partial charge in [0.2, 0.25) is 0 Å². The van der Waals surface area contributed by atoms with Gasteiger partial charge in [0.1, 0.15) is 0 Å². The van der Waals surface area contributed by atoms with E-state index < -0.39 is 0 Å². The Balaban J connectivity index is 2.11. The molecule has 1 atom stereocenters. The van der Waals surface area contributed by atoms with Crippen LogP contribution in [0.4, 0.5) is 0 Å². The second kappa shape index (κ2) is 9.26. The minimum atomic E-state index is -0.0471. The molecule has 0 bridgehead atoms. The fraction of sp³-hybridized carbons (Fsp3) is 0.381. The lowest BCUT2D eigenvalue weighted by Crippen LogP contribution is -2.25. The van der Waals surface area contributed by atoms with Gasteiger partial charge in [-0.1, -0.05) is 74.5 Å². The minimum Gasteiger partial charge on any atom is -0.304 e. The summed E-state index contributed by atoms with van der Waals surface area (Å²) in [5, 5.41) is 0. The predicted molar refractivity (Wildman–Crippen MR) is 97.0 cm³/mol. The van der Waals surface area contributed by atoms with Crippen molar-refractivity contribution < 1.29 is 4.79 Å². The quantitative estimate of drug-likeness (QED) is 0.622. The summed E-state index contributed by atoms with van der Waals surface area (Å²) in [5.41, 5.74) is 1.94. The van der Waals surface area contributed by atoms with Crippen LogP contribution in [0.2, 0.25) is 0 Å². The SMILES string of the molecule is CCN(CC)CCCC(C(=O)c1ccccc1)c1ccccc1. The van der Waals surface area contributed by atoms with Gasteiger partial charge in [0.25, 0.3) is 0 Å². The summed E-state index contributed by atoms with van der Waals surface area (Å²) in [6.07, 6.45) is 1.94. The number of hydrogen-bond donors (Lipinski definition) is 0. The van der Waals surface area contributed by atoms with Gasteiger partial charge in [-0.3, -0.25) is 4.79 Å². The molecule has 0 N–H and O–H groups in total. The number of benzene rings is 2. The maximum atomic E-state index is 12.9. The van der Waals surface area contributed by atoms with Crippen LogP contribution in [0.1, 0.15) is 48.5 Å². The highest BCUT2D eigenvalue weighted by atomic mass is 16.1. The zero-order valence-electron chi connectivity index (χ0n) is 14.2. The van der Waals surface area contributed by atoms with Crippen molar-refractivity contribution in [3.05, 3.63) is 71.8 Å². The van der Waals surface area contributed by atoms with E-state index in [-0.39, 0.29) is 11.7 Å². The van der Waals surface area contributed by atoms with Gasteiger partial charge in [-0.2, -0.15) is 0 Å². The van der Waals surface area contributed by atoms with Crippen LogP contribution in [-0.4, -0.2) is 30.3 Å². The van der Waals surface area contributed by atoms with Gasteiger partial charge in [0.05, 0.1) is 0 Å². The molecule has 0 saturated heterocycles. The lowest BCUT2D eigenvalue weighted by Gasteiger charge is -2.21. The molecule has 0 aliphatic rings. The highest BCUT2D eigenvalue weighted by Gasteiger charge is 2.21. The van der Waals surface area contributed by atoms with E-state index >= 15 is 0 Å².